The topological polar surface area (TPSA) is 66.5 Å². The summed E-state index contributed by atoms with van der Waals surface area (Å²) in [4.78, 5) is 12.1. The molecule has 0 aromatic heterocycles. The molecule has 140 valence electrons. The van der Waals surface area contributed by atoms with Crippen LogP contribution in [0, 0.1) is 5.82 Å². The molecule has 0 spiro atoms. The summed E-state index contributed by atoms with van der Waals surface area (Å²) in [6, 6.07) is 13.1. The van der Waals surface area contributed by atoms with Crippen LogP contribution in [0.4, 0.5) is 4.39 Å². The van der Waals surface area contributed by atoms with E-state index < -0.39 is 21.7 Å². The Morgan fingerprint density at radius 2 is 1.81 bits per heavy atom. The third-order valence-corrected chi connectivity index (χ3v) is 5.28. The summed E-state index contributed by atoms with van der Waals surface area (Å²) in [7, 11) is -3.60. The largest absolute Gasteiger partial charge is 0.351 e. The summed E-state index contributed by atoms with van der Waals surface area (Å²) in [5, 5.41) is 3.26. The van der Waals surface area contributed by atoms with Gasteiger partial charge in [0.2, 0.25) is 15.9 Å². The normalized spacial score (nSPS) is 11.5. The highest BCUT2D eigenvalue weighted by molar-refractivity contribution is 7.88. The molecule has 26 heavy (non-hydrogen) atoms. The lowest BCUT2D eigenvalue weighted by molar-refractivity contribution is -0.121. The highest BCUT2D eigenvalue weighted by Gasteiger charge is 2.20. The molecule has 0 aliphatic carbocycles. The first-order valence-corrected chi connectivity index (χ1v) is 10.2. The van der Waals surface area contributed by atoms with Crippen LogP contribution in [0.1, 0.15) is 11.1 Å². The van der Waals surface area contributed by atoms with E-state index in [-0.39, 0.29) is 26.1 Å². The molecule has 5 nitrogen and oxygen atoms in total. The minimum Gasteiger partial charge on any atom is -0.351 e. The van der Waals surface area contributed by atoms with Crippen molar-refractivity contribution in [3.63, 3.8) is 0 Å². The average molecular weight is 399 g/mol. The fourth-order valence-electron chi connectivity index (χ4n) is 2.33. The molecule has 0 bridgehead atoms. The molecule has 2 aromatic carbocycles. The first kappa shape index (κ1) is 20.4. The van der Waals surface area contributed by atoms with Crippen molar-refractivity contribution in [1.29, 1.82) is 0 Å². The van der Waals surface area contributed by atoms with E-state index in [2.05, 4.69) is 5.32 Å². The van der Waals surface area contributed by atoms with Gasteiger partial charge in [-0.2, -0.15) is 4.31 Å². The molecular formula is C18H20ClFN2O3S. The maximum atomic E-state index is 13.7. The summed E-state index contributed by atoms with van der Waals surface area (Å²) in [6.45, 7) is -0.0318. The zero-order valence-electron chi connectivity index (χ0n) is 14.3. The van der Waals surface area contributed by atoms with E-state index in [1.54, 1.807) is 42.5 Å². The second-order valence-electron chi connectivity index (χ2n) is 5.84. The highest BCUT2D eigenvalue weighted by atomic mass is 35.5. The number of benzene rings is 2. The van der Waals surface area contributed by atoms with Crippen molar-refractivity contribution in [3.05, 3.63) is 70.5 Å². The quantitative estimate of drug-likeness (QED) is 0.743. The van der Waals surface area contributed by atoms with Gasteiger partial charge in [0.05, 0.1) is 12.8 Å². The molecular weight excluding hydrogens is 379 g/mol. The zero-order chi connectivity index (χ0) is 19.2. The molecule has 0 aliphatic heterocycles. The molecule has 1 N–H and O–H groups in total. The zero-order valence-corrected chi connectivity index (χ0v) is 15.9. The van der Waals surface area contributed by atoms with E-state index in [0.29, 0.717) is 10.6 Å². The van der Waals surface area contributed by atoms with Gasteiger partial charge in [-0.3, -0.25) is 4.79 Å². The highest BCUT2D eigenvalue weighted by Crippen LogP contribution is 2.10. The third kappa shape index (κ3) is 6.40. The van der Waals surface area contributed by atoms with Crippen LogP contribution < -0.4 is 5.32 Å². The van der Waals surface area contributed by atoms with Crippen LogP contribution >= 0.6 is 11.6 Å². The Hall–Kier alpha value is -1.96. The van der Waals surface area contributed by atoms with Gasteiger partial charge in [-0.15, -0.1) is 0 Å². The number of amides is 1. The van der Waals surface area contributed by atoms with Gasteiger partial charge in [-0.1, -0.05) is 41.9 Å². The van der Waals surface area contributed by atoms with Gasteiger partial charge in [0.25, 0.3) is 0 Å². The molecule has 0 atom stereocenters. The molecule has 0 unspecified atom stereocenters. The van der Waals surface area contributed by atoms with E-state index in [1.807, 2.05) is 0 Å². The van der Waals surface area contributed by atoms with Crippen molar-refractivity contribution in [2.75, 3.05) is 19.3 Å². The fraction of sp³-hybridized carbons (Fsp3) is 0.278. The first-order valence-electron chi connectivity index (χ1n) is 7.95. The maximum Gasteiger partial charge on any atom is 0.235 e. The van der Waals surface area contributed by atoms with Gasteiger partial charge in [0, 0.05) is 18.1 Å². The van der Waals surface area contributed by atoms with Gasteiger partial charge in [-0.05, 0) is 35.7 Å². The van der Waals surface area contributed by atoms with Crippen LogP contribution in [0.15, 0.2) is 48.5 Å². The predicted octanol–water partition coefficient (Wildman–Crippen LogP) is 2.60. The number of hydrogen-bond acceptors (Lipinski definition) is 3. The fourth-order valence-corrected chi connectivity index (χ4v) is 3.23. The van der Waals surface area contributed by atoms with Gasteiger partial charge in [0.1, 0.15) is 5.82 Å². The van der Waals surface area contributed by atoms with Crippen molar-refractivity contribution < 1.29 is 17.6 Å². The number of hydrogen-bond donors (Lipinski definition) is 1. The monoisotopic (exact) mass is 398 g/mol. The Labute approximate surface area is 157 Å². The number of sulfonamides is 1. The summed E-state index contributed by atoms with van der Waals surface area (Å²) in [5.74, 6) is -0.827. The summed E-state index contributed by atoms with van der Waals surface area (Å²) in [5.41, 5.74) is 1.25. The van der Waals surface area contributed by atoms with E-state index in [9.17, 15) is 17.6 Å². The molecule has 2 rings (SSSR count). The molecule has 0 saturated heterocycles. The Morgan fingerprint density at radius 3 is 2.42 bits per heavy atom. The lowest BCUT2D eigenvalue weighted by Gasteiger charge is -2.19. The predicted molar refractivity (Wildman–Crippen MR) is 99.8 cm³/mol. The Bertz CT molecular complexity index is 857. The smallest absolute Gasteiger partial charge is 0.235 e. The molecule has 0 aliphatic rings. The van der Waals surface area contributed by atoms with Crippen LogP contribution in [0.5, 0.6) is 0 Å². The van der Waals surface area contributed by atoms with E-state index in [1.165, 1.54) is 6.07 Å². The van der Waals surface area contributed by atoms with Gasteiger partial charge >= 0.3 is 0 Å². The van der Waals surface area contributed by atoms with E-state index in [4.69, 9.17) is 11.6 Å². The van der Waals surface area contributed by atoms with Crippen molar-refractivity contribution >= 4 is 27.5 Å². The Kier molecular flexibility index (Phi) is 7.14. The molecule has 0 heterocycles. The average Bonchev–Trinajstić information content (AvgIpc) is 2.58. The molecule has 1 amide bonds. The number of nitrogens with zero attached hydrogens (tertiary/aromatic N) is 1. The van der Waals surface area contributed by atoms with Crippen LogP contribution in [-0.2, 0) is 27.8 Å². The SMILES string of the molecule is CS(=O)(=O)N(CCc1ccccc1F)CC(=O)NCc1ccc(Cl)cc1. The van der Waals surface area contributed by atoms with Gasteiger partial charge in [-0.25, -0.2) is 12.8 Å². The van der Waals surface area contributed by atoms with E-state index >= 15 is 0 Å². The number of rotatable bonds is 8. The number of carbonyl (C=O) groups is 1. The Morgan fingerprint density at radius 1 is 1.15 bits per heavy atom. The van der Waals surface area contributed by atoms with Crippen LogP contribution in [0.3, 0.4) is 0 Å². The first-order chi connectivity index (χ1) is 12.3. The summed E-state index contributed by atoms with van der Waals surface area (Å²) >= 11 is 5.80. The standard InChI is InChI=1S/C18H20ClFN2O3S/c1-26(24,25)22(11-10-15-4-2-3-5-17(15)20)13-18(23)21-12-14-6-8-16(19)9-7-14/h2-9H,10-13H2,1H3,(H,21,23). The van der Waals surface area contributed by atoms with Crippen molar-refractivity contribution in [1.82, 2.24) is 9.62 Å². The molecule has 8 heteroatoms. The van der Waals surface area contributed by atoms with Crippen molar-refractivity contribution in [2.24, 2.45) is 0 Å². The second kappa shape index (κ2) is 9.12. The Balaban J connectivity index is 1.93. The number of nitrogens with one attached hydrogen (secondary N) is 1. The molecule has 0 fully saturated rings. The van der Waals surface area contributed by atoms with Gasteiger partial charge < -0.3 is 5.32 Å². The number of carbonyl (C=O) groups excluding carboxylic acids is 1. The molecule has 0 radical (unpaired) electrons. The second-order valence-corrected chi connectivity index (χ2v) is 8.26. The maximum absolute atomic E-state index is 13.7. The number of halogens is 2. The molecule has 0 saturated carbocycles. The molecule has 2 aromatic rings. The van der Waals surface area contributed by atoms with Crippen molar-refractivity contribution in [3.8, 4) is 0 Å². The van der Waals surface area contributed by atoms with E-state index in [0.717, 1.165) is 16.1 Å². The third-order valence-electron chi connectivity index (χ3n) is 3.78. The van der Waals surface area contributed by atoms with Crippen LogP contribution in [0.2, 0.25) is 5.02 Å². The lowest BCUT2D eigenvalue weighted by Crippen LogP contribution is -2.41. The summed E-state index contributed by atoms with van der Waals surface area (Å²) < 4.78 is 38.6. The van der Waals surface area contributed by atoms with Crippen molar-refractivity contribution in [2.45, 2.75) is 13.0 Å². The minimum atomic E-state index is -3.60. The van der Waals surface area contributed by atoms with Crippen LogP contribution in [-0.4, -0.2) is 38.0 Å². The lowest BCUT2D eigenvalue weighted by atomic mass is 10.1. The summed E-state index contributed by atoms with van der Waals surface area (Å²) in [6.07, 6.45) is 1.21. The van der Waals surface area contributed by atoms with Gasteiger partial charge in [0.15, 0.2) is 0 Å². The van der Waals surface area contributed by atoms with Crippen LogP contribution in [0.25, 0.3) is 0 Å². The minimum absolute atomic E-state index is 0.0220.